The first-order valence-corrected chi connectivity index (χ1v) is 10.7. The molecule has 0 aliphatic carbocycles. The van der Waals surface area contributed by atoms with E-state index in [1.165, 1.54) is 9.08 Å². The number of aromatic nitrogens is 4. The number of nitrogens with zero attached hydrogens (tertiary/aromatic N) is 5. The molecule has 0 spiro atoms. The summed E-state index contributed by atoms with van der Waals surface area (Å²) in [5.74, 6) is 1.06. The maximum Gasteiger partial charge on any atom is 0.351 e. The van der Waals surface area contributed by atoms with Crippen LogP contribution in [0.1, 0.15) is 5.56 Å². The molecule has 2 aromatic heterocycles. The van der Waals surface area contributed by atoms with E-state index in [4.69, 9.17) is 14.5 Å². The number of carbonyl (C=O) groups excluding carboxylic acids is 1. The highest BCUT2D eigenvalue weighted by molar-refractivity contribution is 5.83. The summed E-state index contributed by atoms with van der Waals surface area (Å²) in [6, 6.07) is 14.8. The highest BCUT2D eigenvalue weighted by Crippen LogP contribution is 2.23. The van der Waals surface area contributed by atoms with Crippen molar-refractivity contribution in [1.82, 2.24) is 24.5 Å². The van der Waals surface area contributed by atoms with Gasteiger partial charge in [0.1, 0.15) is 12.3 Å². The zero-order valence-electron chi connectivity index (χ0n) is 18.2. The van der Waals surface area contributed by atoms with Crippen molar-refractivity contribution < 1.29 is 14.3 Å². The van der Waals surface area contributed by atoms with Crippen LogP contribution in [0, 0.1) is 0 Å². The molecule has 0 bridgehead atoms. The average molecular weight is 448 g/mol. The second-order valence-corrected chi connectivity index (χ2v) is 7.75. The maximum atomic E-state index is 13.3. The van der Waals surface area contributed by atoms with Crippen molar-refractivity contribution in [2.45, 2.75) is 13.1 Å². The SMILES string of the molecule is COc1ccc(CNC(=O)Cn2nc3c(N4CCOCC4)nc4ccccc4n3c2=O)cc1. The third kappa shape index (κ3) is 4.12. The summed E-state index contributed by atoms with van der Waals surface area (Å²) in [7, 11) is 1.60. The van der Waals surface area contributed by atoms with Crippen molar-refractivity contribution in [3.8, 4) is 5.75 Å². The number of anilines is 1. The second kappa shape index (κ2) is 8.91. The topological polar surface area (TPSA) is 103 Å². The molecule has 1 N–H and O–H groups in total. The minimum atomic E-state index is -0.377. The number of benzene rings is 2. The van der Waals surface area contributed by atoms with Crippen molar-refractivity contribution in [1.29, 1.82) is 0 Å². The van der Waals surface area contributed by atoms with Crippen LogP contribution in [0.15, 0.2) is 53.3 Å². The number of ether oxygens (including phenoxy) is 2. The van der Waals surface area contributed by atoms with Gasteiger partial charge in [-0.05, 0) is 29.8 Å². The van der Waals surface area contributed by atoms with Gasteiger partial charge in [-0.3, -0.25) is 4.79 Å². The van der Waals surface area contributed by atoms with E-state index in [0.717, 1.165) is 11.3 Å². The van der Waals surface area contributed by atoms with Crippen molar-refractivity contribution in [3.05, 3.63) is 64.6 Å². The van der Waals surface area contributed by atoms with Gasteiger partial charge in [-0.15, -0.1) is 5.10 Å². The molecule has 10 nitrogen and oxygen atoms in total. The van der Waals surface area contributed by atoms with Crippen LogP contribution in [0.25, 0.3) is 16.7 Å². The van der Waals surface area contributed by atoms with Gasteiger partial charge in [0, 0.05) is 19.6 Å². The Kier molecular flexibility index (Phi) is 5.66. The molecule has 1 saturated heterocycles. The van der Waals surface area contributed by atoms with Crippen LogP contribution in [0.3, 0.4) is 0 Å². The van der Waals surface area contributed by atoms with E-state index in [1.807, 2.05) is 48.5 Å². The lowest BCUT2D eigenvalue weighted by molar-refractivity contribution is -0.122. The molecule has 1 aliphatic rings. The van der Waals surface area contributed by atoms with Crippen LogP contribution < -0.4 is 20.6 Å². The van der Waals surface area contributed by atoms with Gasteiger partial charge >= 0.3 is 5.69 Å². The molecular formula is C23H24N6O4. The quantitative estimate of drug-likeness (QED) is 0.473. The van der Waals surface area contributed by atoms with E-state index in [0.29, 0.717) is 55.3 Å². The van der Waals surface area contributed by atoms with Crippen LogP contribution in [-0.4, -0.2) is 58.5 Å². The normalized spacial score (nSPS) is 14.0. The molecule has 2 aromatic carbocycles. The number of rotatable bonds is 6. The monoisotopic (exact) mass is 448 g/mol. The van der Waals surface area contributed by atoms with Crippen molar-refractivity contribution in [2.75, 3.05) is 38.3 Å². The zero-order chi connectivity index (χ0) is 22.8. The lowest BCUT2D eigenvalue weighted by atomic mass is 10.2. The number of para-hydroxylation sites is 2. The molecule has 1 fully saturated rings. The fraction of sp³-hybridized carbons (Fsp3) is 0.304. The lowest BCUT2D eigenvalue weighted by Crippen LogP contribution is -2.37. The molecular weight excluding hydrogens is 424 g/mol. The number of methoxy groups -OCH3 is 1. The maximum absolute atomic E-state index is 13.3. The van der Waals surface area contributed by atoms with Crippen molar-refractivity contribution in [2.24, 2.45) is 0 Å². The number of hydrogen-bond donors (Lipinski definition) is 1. The van der Waals surface area contributed by atoms with Gasteiger partial charge in [0.15, 0.2) is 5.82 Å². The van der Waals surface area contributed by atoms with Gasteiger partial charge in [-0.25, -0.2) is 18.9 Å². The standard InChI is InChI=1S/C23H24N6O4/c1-32-17-8-6-16(7-9-17)14-24-20(30)15-28-23(31)29-19-5-3-2-4-18(19)25-21(22(29)26-28)27-10-12-33-13-11-27/h2-9H,10-15H2,1H3,(H,24,30). The number of hydrogen-bond acceptors (Lipinski definition) is 7. The fourth-order valence-electron chi connectivity index (χ4n) is 3.91. The Morgan fingerprint density at radius 1 is 1.12 bits per heavy atom. The lowest BCUT2D eigenvalue weighted by Gasteiger charge is -2.27. The smallest absolute Gasteiger partial charge is 0.351 e. The summed E-state index contributed by atoms with van der Waals surface area (Å²) in [6.07, 6.45) is 0. The predicted molar refractivity (Wildman–Crippen MR) is 123 cm³/mol. The molecule has 33 heavy (non-hydrogen) atoms. The minimum Gasteiger partial charge on any atom is -0.497 e. The molecule has 1 aliphatic heterocycles. The number of fused-ring (bicyclic) bond motifs is 3. The molecule has 3 heterocycles. The molecule has 170 valence electrons. The van der Waals surface area contributed by atoms with Gasteiger partial charge in [-0.2, -0.15) is 0 Å². The summed E-state index contributed by atoms with van der Waals surface area (Å²) < 4.78 is 13.3. The molecule has 1 amide bonds. The molecule has 4 aromatic rings. The van der Waals surface area contributed by atoms with Gasteiger partial charge in [-0.1, -0.05) is 24.3 Å². The summed E-state index contributed by atoms with van der Waals surface area (Å²) in [4.78, 5) is 32.7. The number of morpholine rings is 1. The third-order valence-electron chi connectivity index (χ3n) is 5.64. The summed E-state index contributed by atoms with van der Waals surface area (Å²) >= 11 is 0. The van der Waals surface area contributed by atoms with Crippen molar-refractivity contribution in [3.63, 3.8) is 0 Å². The molecule has 0 saturated carbocycles. The molecule has 0 atom stereocenters. The van der Waals surface area contributed by atoms with Gasteiger partial charge in [0.25, 0.3) is 0 Å². The van der Waals surface area contributed by atoms with Crippen LogP contribution in [0.4, 0.5) is 5.82 Å². The van der Waals surface area contributed by atoms with Crippen LogP contribution in [0.5, 0.6) is 5.75 Å². The van der Waals surface area contributed by atoms with E-state index in [-0.39, 0.29) is 18.1 Å². The predicted octanol–water partition coefficient (Wildman–Crippen LogP) is 1.21. The first-order valence-electron chi connectivity index (χ1n) is 10.7. The largest absolute Gasteiger partial charge is 0.497 e. The summed E-state index contributed by atoms with van der Waals surface area (Å²) in [6.45, 7) is 2.63. The van der Waals surface area contributed by atoms with E-state index in [1.54, 1.807) is 7.11 Å². The highest BCUT2D eigenvalue weighted by atomic mass is 16.5. The van der Waals surface area contributed by atoms with Crippen molar-refractivity contribution >= 4 is 28.4 Å². The second-order valence-electron chi connectivity index (χ2n) is 7.75. The van der Waals surface area contributed by atoms with E-state index < -0.39 is 0 Å². The van der Waals surface area contributed by atoms with E-state index >= 15 is 0 Å². The third-order valence-corrected chi connectivity index (χ3v) is 5.64. The Balaban J connectivity index is 1.44. The molecule has 0 unspecified atom stereocenters. The molecule has 0 radical (unpaired) electrons. The fourth-order valence-corrected chi connectivity index (χ4v) is 3.91. The van der Waals surface area contributed by atoms with Crippen LogP contribution >= 0.6 is 0 Å². The van der Waals surface area contributed by atoms with Gasteiger partial charge in [0.05, 0.1) is 31.4 Å². The van der Waals surface area contributed by atoms with Gasteiger partial charge < -0.3 is 19.7 Å². The number of carbonyl (C=O) groups is 1. The van der Waals surface area contributed by atoms with E-state index in [2.05, 4.69) is 15.3 Å². The Morgan fingerprint density at radius 2 is 1.88 bits per heavy atom. The zero-order valence-corrected chi connectivity index (χ0v) is 18.2. The highest BCUT2D eigenvalue weighted by Gasteiger charge is 2.22. The summed E-state index contributed by atoms with van der Waals surface area (Å²) in [5, 5.41) is 7.34. The summed E-state index contributed by atoms with van der Waals surface area (Å²) in [5.41, 5.74) is 2.33. The molecule has 10 heteroatoms. The first kappa shape index (κ1) is 21.0. The Hall–Kier alpha value is -3.92. The number of amides is 1. The Labute approximate surface area is 189 Å². The average Bonchev–Trinajstić information content (AvgIpc) is 3.19. The Bertz CT molecular complexity index is 1360. The minimum absolute atomic E-state index is 0.187. The van der Waals surface area contributed by atoms with Crippen LogP contribution in [-0.2, 0) is 22.6 Å². The van der Waals surface area contributed by atoms with E-state index in [9.17, 15) is 9.59 Å². The number of nitrogens with one attached hydrogen (secondary N) is 1. The molecule has 5 rings (SSSR count). The van der Waals surface area contributed by atoms with Gasteiger partial charge in [0.2, 0.25) is 11.6 Å². The Morgan fingerprint density at radius 3 is 2.64 bits per heavy atom. The first-order chi connectivity index (χ1) is 16.1. The van der Waals surface area contributed by atoms with Crippen LogP contribution in [0.2, 0.25) is 0 Å².